The van der Waals surface area contributed by atoms with Gasteiger partial charge < -0.3 is 25.5 Å². The zero-order chi connectivity index (χ0) is 27.5. The molecule has 0 amide bonds. The smallest absolute Gasteiger partial charge is 0.337 e. The van der Waals surface area contributed by atoms with Gasteiger partial charge in [0.1, 0.15) is 0 Å². The number of carboxylic acids is 1. The van der Waals surface area contributed by atoms with Crippen LogP contribution >= 0.6 is 0 Å². The molecule has 40 heavy (non-hydrogen) atoms. The summed E-state index contributed by atoms with van der Waals surface area (Å²) in [4.78, 5) is 25.9. The number of nitrogens with one attached hydrogen (secondary N) is 1. The van der Waals surface area contributed by atoms with Crippen molar-refractivity contribution in [3.05, 3.63) is 64.5 Å². The maximum Gasteiger partial charge on any atom is 0.337 e. The van der Waals surface area contributed by atoms with E-state index < -0.39 is 5.97 Å². The minimum absolute atomic E-state index is 0.326. The fraction of sp³-hybridized carbons (Fsp3) is 0.500. The molecule has 8 nitrogen and oxygen atoms in total. The number of H-pyrrole nitrogens is 1. The number of benzene rings is 1. The monoisotopic (exact) mass is 541 g/mol. The second-order valence-corrected chi connectivity index (χ2v) is 12.4. The minimum atomic E-state index is -0.854. The summed E-state index contributed by atoms with van der Waals surface area (Å²) in [7, 11) is 2.08. The Hall–Kier alpha value is -3.04. The highest BCUT2D eigenvalue weighted by Crippen LogP contribution is 2.55. The molecule has 2 aromatic heterocycles. The number of aromatic amines is 1. The van der Waals surface area contributed by atoms with Gasteiger partial charge in [-0.15, -0.1) is 0 Å². The minimum Gasteiger partial charge on any atom is -0.478 e. The van der Waals surface area contributed by atoms with Crippen LogP contribution in [-0.4, -0.2) is 89.4 Å². The number of morpholine rings is 1. The number of nitrogens with two attached hydrogens (primary N) is 1. The molecule has 210 valence electrons. The lowest BCUT2D eigenvalue weighted by molar-refractivity contribution is 0.0374. The lowest BCUT2D eigenvalue weighted by Crippen LogP contribution is -2.68. The summed E-state index contributed by atoms with van der Waals surface area (Å²) in [5.41, 5.74) is 14.9. The summed E-state index contributed by atoms with van der Waals surface area (Å²) < 4.78 is 5.45. The van der Waals surface area contributed by atoms with Gasteiger partial charge in [0.05, 0.1) is 35.6 Å². The molecule has 4 heterocycles. The lowest BCUT2D eigenvalue weighted by atomic mass is 9.68. The Labute approximate surface area is 235 Å². The number of hydrogen-bond acceptors (Lipinski definition) is 6. The fourth-order valence-electron chi connectivity index (χ4n) is 7.33. The summed E-state index contributed by atoms with van der Waals surface area (Å²) in [5, 5.41) is 10.4. The van der Waals surface area contributed by atoms with Crippen molar-refractivity contribution in [3.63, 3.8) is 0 Å². The van der Waals surface area contributed by atoms with E-state index in [0.29, 0.717) is 12.0 Å². The molecule has 2 saturated heterocycles. The van der Waals surface area contributed by atoms with Crippen LogP contribution in [0.15, 0.2) is 36.5 Å². The van der Waals surface area contributed by atoms with E-state index in [1.165, 1.54) is 5.56 Å². The topological polar surface area (TPSA) is 108 Å². The molecular weight excluding hydrogens is 502 g/mol. The van der Waals surface area contributed by atoms with Gasteiger partial charge in [-0.25, -0.2) is 4.79 Å². The molecule has 8 heteroatoms. The summed E-state index contributed by atoms with van der Waals surface area (Å²) in [6, 6.07) is 10.9. The van der Waals surface area contributed by atoms with E-state index in [1.807, 2.05) is 6.20 Å². The van der Waals surface area contributed by atoms with Crippen molar-refractivity contribution in [1.29, 1.82) is 0 Å². The molecule has 2 aliphatic heterocycles. The first kappa shape index (κ1) is 25.9. The molecule has 0 atom stereocenters. The van der Waals surface area contributed by atoms with Crippen molar-refractivity contribution < 1.29 is 14.6 Å². The lowest BCUT2D eigenvalue weighted by Gasteiger charge is -2.52. The Kier molecular flexibility index (Phi) is 6.35. The summed E-state index contributed by atoms with van der Waals surface area (Å²) >= 11 is 0. The first-order valence-electron chi connectivity index (χ1n) is 14.7. The highest BCUT2D eigenvalue weighted by molar-refractivity contribution is 5.95. The fourth-order valence-corrected chi connectivity index (χ4v) is 7.33. The number of carbonyl (C=O) groups is 1. The highest BCUT2D eigenvalue weighted by atomic mass is 16.5. The number of rotatable bonds is 8. The molecule has 2 aliphatic carbocycles. The summed E-state index contributed by atoms with van der Waals surface area (Å²) in [5.74, 6) is -0.854. The van der Waals surface area contributed by atoms with E-state index in [9.17, 15) is 9.90 Å². The summed E-state index contributed by atoms with van der Waals surface area (Å²) in [6.45, 7) is 6.44. The number of aromatic carboxylic acids is 1. The predicted octanol–water partition coefficient (Wildman–Crippen LogP) is 3.48. The van der Waals surface area contributed by atoms with E-state index in [2.05, 4.69) is 52.2 Å². The molecule has 0 bridgehead atoms. The number of aromatic nitrogens is 2. The molecule has 4 N–H and O–H groups in total. The van der Waals surface area contributed by atoms with Crippen LogP contribution in [0, 0.1) is 0 Å². The van der Waals surface area contributed by atoms with E-state index >= 15 is 0 Å². The molecule has 0 unspecified atom stereocenters. The Balaban J connectivity index is 1.16. The van der Waals surface area contributed by atoms with Crippen LogP contribution in [0.25, 0.3) is 22.5 Å². The van der Waals surface area contributed by atoms with Crippen molar-refractivity contribution >= 4 is 5.97 Å². The van der Waals surface area contributed by atoms with Gasteiger partial charge in [0, 0.05) is 54.7 Å². The molecule has 3 aromatic rings. The molecule has 0 spiro atoms. The largest absolute Gasteiger partial charge is 0.478 e. The zero-order valence-electron chi connectivity index (χ0n) is 23.3. The SMILES string of the molecule is CN1CC(c2[nH]c3c(c2C(=O)O)CCc2cnc(-c4ccc(CCCN5CCOCC5)cc4)cc2-3)(C2(N)CC2)C1. The third-order valence-electron chi connectivity index (χ3n) is 9.81. The second kappa shape index (κ2) is 9.80. The maximum atomic E-state index is 12.7. The zero-order valence-corrected chi connectivity index (χ0v) is 23.3. The van der Waals surface area contributed by atoms with Crippen LogP contribution in [0.5, 0.6) is 0 Å². The average molecular weight is 542 g/mol. The molecule has 1 aromatic carbocycles. The third kappa shape index (κ3) is 4.29. The van der Waals surface area contributed by atoms with Crippen molar-refractivity contribution in [3.8, 4) is 22.5 Å². The molecule has 4 aliphatic rings. The van der Waals surface area contributed by atoms with Gasteiger partial charge in [-0.1, -0.05) is 24.3 Å². The van der Waals surface area contributed by atoms with Gasteiger partial charge in [0.2, 0.25) is 0 Å². The normalized spacial score (nSPS) is 21.4. The molecule has 7 rings (SSSR count). The highest BCUT2D eigenvalue weighted by Gasteiger charge is 2.64. The average Bonchev–Trinajstić information content (AvgIpc) is 3.57. The summed E-state index contributed by atoms with van der Waals surface area (Å²) in [6.07, 6.45) is 7.54. The van der Waals surface area contributed by atoms with Crippen LogP contribution in [-0.2, 0) is 29.4 Å². The number of carboxylic acid groups (broad SMARTS) is 1. The number of fused-ring (bicyclic) bond motifs is 3. The molecule has 0 radical (unpaired) electrons. The Morgan fingerprint density at radius 3 is 2.58 bits per heavy atom. The van der Waals surface area contributed by atoms with Crippen molar-refractivity contribution in [1.82, 2.24) is 19.8 Å². The second-order valence-electron chi connectivity index (χ2n) is 12.4. The van der Waals surface area contributed by atoms with Gasteiger partial charge >= 0.3 is 5.97 Å². The van der Waals surface area contributed by atoms with E-state index in [4.69, 9.17) is 15.5 Å². The van der Waals surface area contributed by atoms with Gasteiger partial charge in [0.25, 0.3) is 0 Å². The first-order valence-corrected chi connectivity index (χ1v) is 14.7. The van der Waals surface area contributed by atoms with Crippen LogP contribution in [0.1, 0.15) is 52.0 Å². The number of likely N-dealkylation sites (N-methyl/N-ethyl adjacent to an activating group) is 1. The standard InChI is InChI=1S/C32H39N5O3/c1-36-19-31(20-36,32(33)10-11-32)29-27(30(38)39)24-9-8-23-18-34-26(17-25(23)28(24)35-29)22-6-4-21(5-7-22)3-2-12-37-13-15-40-16-14-37/h4-7,17-18,35H,2-3,8-16,19-20,33H2,1H3,(H,38,39). The first-order chi connectivity index (χ1) is 19.4. The Bertz CT molecular complexity index is 1430. The number of pyridine rings is 1. The van der Waals surface area contributed by atoms with Gasteiger partial charge in [-0.05, 0) is 74.9 Å². The number of aryl methyl sites for hydroxylation is 2. The van der Waals surface area contributed by atoms with Crippen LogP contribution in [0.3, 0.4) is 0 Å². The van der Waals surface area contributed by atoms with Crippen LogP contribution in [0.4, 0.5) is 0 Å². The number of likely N-dealkylation sites (tertiary alicyclic amines) is 1. The van der Waals surface area contributed by atoms with Gasteiger partial charge in [-0.2, -0.15) is 0 Å². The van der Waals surface area contributed by atoms with E-state index in [-0.39, 0.29) is 11.0 Å². The number of nitrogens with zero attached hydrogens (tertiary/aromatic N) is 3. The van der Waals surface area contributed by atoms with Crippen molar-refractivity contribution in [2.45, 2.75) is 49.5 Å². The van der Waals surface area contributed by atoms with Crippen molar-refractivity contribution in [2.75, 3.05) is 53.0 Å². The van der Waals surface area contributed by atoms with Gasteiger partial charge in [-0.3, -0.25) is 9.88 Å². The Morgan fingerprint density at radius 2 is 1.90 bits per heavy atom. The predicted molar refractivity (Wildman–Crippen MR) is 155 cm³/mol. The van der Waals surface area contributed by atoms with E-state index in [1.54, 1.807) is 0 Å². The number of hydrogen-bond donors (Lipinski definition) is 3. The third-order valence-corrected chi connectivity index (χ3v) is 9.81. The molecule has 3 fully saturated rings. The molecular formula is C32H39N5O3. The Morgan fingerprint density at radius 1 is 1.15 bits per heavy atom. The van der Waals surface area contributed by atoms with E-state index in [0.717, 1.165) is 117 Å². The van der Waals surface area contributed by atoms with Crippen molar-refractivity contribution in [2.24, 2.45) is 5.73 Å². The van der Waals surface area contributed by atoms with Crippen LogP contribution in [0.2, 0.25) is 0 Å². The maximum absolute atomic E-state index is 12.7. The quantitative estimate of drug-likeness (QED) is 0.401. The number of ether oxygens (including phenoxy) is 1. The molecule has 1 saturated carbocycles. The van der Waals surface area contributed by atoms with Crippen LogP contribution < -0.4 is 5.73 Å². The van der Waals surface area contributed by atoms with Gasteiger partial charge in [0.15, 0.2) is 0 Å².